The van der Waals surface area contributed by atoms with Crippen molar-refractivity contribution < 1.29 is 4.79 Å². The second-order valence-electron chi connectivity index (χ2n) is 4.98. The normalized spacial score (nSPS) is 15.1. The van der Waals surface area contributed by atoms with E-state index in [0.29, 0.717) is 11.2 Å². The Bertz CT molecular complexity index is 489. The summed E-state index contributed by atoms with van der Waals surface area (Å²) in [6, 6.07) is 0.376. The van der Waals surface area contributed by atoms with E-state index in [1.165, 1.54) is 0 Å². The molecule has 1 N–H and O–H groups in total. The smallest absolute Gasteiger partial charge is 0.244 e. The second kappa shape index (κ2) is 6.24. The van der Waals surface area contributed by atoms with Crippen molar-refractivity contribution in [2.24, 2.45) is 0 Å². The molecule has 1 aromatic heterocycles. The average molecular weight is 282 g/mol. The van der Waals surface area contributed by atoms with Crippen molar-refractivity contribution in [1.82, 2.24) is 15.1 Å². The minimum absolute atomic E-state index is 0.0562. The van der Waals surface area contributed by atoms with Crippen LogP contribution in [0.15, 0.2) is 6.08 Å². The number of rotatable bonds is 6. The molecule has 0 bridgehead atoms. The van der Waals surface area contributed by atoms with Crippen LogP contribution in [-0.4, -0.2) is 21.7 Å². The van der Waals surface area contributed by atoms with Gasteiger partial charge in [0.1, 0.15) is 5.15 Å². The lowest BCUT2D eigenvalue weighted by Gasteiger charge is -2.00. The summed E-state index contributed by atoms with van der Waals surface area (Å²) in [7, 11) is 0. The van der Waals surface area contributed by atoms with Gasteiger partial charge in [0.15, 0.2) is 0 Å². The van der Waals surface area contributed by atoms with Crippen LogP contribution in [0.2, 0.25) is 5.15 Å². The van der Waals surface area contributed by atoms with Crippen molar-refractivity contribution in [3.8, 4) is 0 Å². The molecule has 2 rings (SSSR count). The zero-order chi connectivity index (χ0) is 13.8. The molecule has 0 saturated heterocycles. The highest BCUT2D eigenvalue weighted by atomic mass is 35.5. The number of hydrogen-bond acceptors (Lipinski definition) is 2. The van der Waals surface area contributed by atoms with E-state index in [1.54, 1.807) is 16.8 Å². The number of nitrogens with one attached hydrogen (secondary N) is 1. The van der Waals surface area contributed by atoms with E-state index in [4.69, 9.17) is 11.6 Å². The van der Waals surface area contributed by atoms with Crippen molar-refractivity contribution in [2.45, 2.75) is 52.1 Å². The van der Waals surface area contributed by atoms with Crippen LogP contribution in [0.4, 0.5) is 0 Å². The Balaban J connectivity index is 2.03. The number of hydrogen-bond donors (Lipinski definition) is 1. The third kappa shape index (κ3) is 3.83. The molecule has 1 aliphatic rings. The first-order valence-electron chi connectivity index (χ1n) is 6.83. The van der Waals surface area contributed by atoms with Crippen molar-refractivity contribution in [3.05, 3.63) is 22.5 Å². The van der Waals surface area contributed by atoms with Crippen LogP contribution in [0.3, 0.4) is 0 Å². The Morgan fingerprint density at radius 3 is 2.95 bits per heavy atom. The van der Waals surface area contributed by atoms with Gasteiger partial charge in [-0.25, -0.2) is 0 Å². The second-order valence-corrected chi connectivity index (χ2v) is 5.34. The van der Waals surface area contributed by atoms with Gasteiger partial charge in [-0.05, 0) is 32.3 Å². The molecule has 0 radical (unpaired) electrons. The molecule has 0 aliphatic heterocycles. The van der Waals surface area contributed by atoms with Crippen LogP contribution in [0, 0.1) is 6.92 Å². The maximum atomic E-state index is 11.6. The Morgan fingerprint density at radius 2 is 2.32 bits per heavy atom. The monoisotopic (exact) mass is 281 g/mol. The lowest BCUT2D eigenvalue weighted by Crippen LogP contribution is -2.22. The molecular weight excluding hydrogens is 262 g/mol. The summed E-state index contributed by atoms with van der Waals surface area (Å²) in [5, 5.41) is 7.92. The van der Waals surface area contributed by atoms with E-state index in [9.17, 15) is 4.79 Å². The first kappa shape index (κ1) is 14.1. The van der Waals surface area contributed by atoms with Crippen molar-refractivity contribution >= 4 is 23.6 Å². The van der Waals surface area contributed by atoms with Crippen LogP contribution in [0.5, 0.6) is 0 Å². The summed E-state index contributed by atoms with van der Waals surface area (Å²) in [6.45, 7) is 4.86. The highest BCUT2D eigenvalue weighted by Crippen LogP contribution is 2.22. The first-order valence-corrected chi connectivity index (χ1v) is 7.21. The zero-order valence-electron chi connectivity index (χ0n) is 11.4. The summed E-state index contributed by atoms with van der Waals surface area (Å²) < 4.78 is 1.80. The van der Waals surface area contributed by atoms with Gasteiger partial charge in [-0.15, -0.1) is 0 Å². The average Bonchev–Trinajstić information content (AvgIpc) is 3.13. The Morgan fingerprint density at radius 1 is 1.58 bits per heavy atom. The topological polar surface area (TPSA) is 46.9 Å². The predicted octanol–water partition coefficient (Wildman–Crippen LogP) is 2.94. The van der Waals surface area contributed by atoms with Gasteiger partial charge in [-0.1, -0.05) is 24.9 Å². The fourth-order valence-electron chi connectivity index (χ4n) is 1.85. The summed E-state index contributed by atoms with van der Waals surface area (Å²) in [5.41, 5.74) is 1.69. The molecule has 1 saturated carbocycles. The lowest BCUT2D eigenvalue weighted by atomic mass is 10.2. The van der Waals surface area contributed by atoms with Crippen molar-refractivity contribution in [2.75, 3.05) is 0 Å². The molecule has 19 heavy (non-hydrogen) atoms. The number of nitrogens with zero attached hydrogens (tertiary/aromatic N) is 2. The van der Waals surface area contributed by atoms with E-state index in [2.05, 4.69) is 17.3 Å². The summed E-state index contributed by atoms with van der Waals surface area (Å²) >= 11 is 6.28. The highest BCUT2D eigenvalue weighted by molar-refractivity contribution is 6.31. The Labute approximate surface area is 118 Å². The third-order valence-corrected chi connectivity index (χ3v) is 3.56. The number of aromatic nitrogens is 2. The molecule has 1 aromatic rings. The quantitative estimate of drug-likeness (QED) is 0.815. The summed E-state index contributed by atoms with van der Waals surface area (Å²) in [6.07, 6.45) is 7.63. The third-order valence-electron chi connectivity index (χ3n) is 3.16. The Hall–Kier alpha value is -1.29. The summed E-state index contributed by atoms with van der Waals surface area (Å²) in [5.74, 6) is -0.0562. The van der Waals surface area contributed by atoms with Gasteiger partial charge >= 0.3 is 0 Å². The maximum absolute atomic E-state index is 11.6. The van der Waals surface area contributed by atoms with E-state index in [0.717, 1.165) is 43.5 Å². The number of carbonyl (C=O) groups is 1. The SMILES string of the molecule is CCCCn1nc(C)c(/C=C/C(=O)NC2CC2)c1Cl. The molecule has 1 fully saturated rings. The van der Waals surface area contributed by atoms with E-state index < -0.39 is 0 Å². The molecule has 5 heteroatoms. The van der Waals surface area contributed by atoms with E-state index in [1.807, 2.05) is 6.92 Å². The standard InChI is InChI=1S/C14H20ClN3O/c1-3-4-9-18-14(15)12(10(2)17-18)7-8-13(19)16-11-5-6-11/h7-8,11H,3-6,9H2,1-2H3,(H,16,19)/b8-7+. The molecule has 0 spiro atoms. The molecule has 104 valence electrons. The van der Waals surface area contributed by atoms with Gasteiger partial charge < -0.3 is 5.32 Å². The number of carbonyl (C=O) groups excluding carboxylic acids is 1. The lowest BCUT2D eigenvalue weighted by molar-refractivity contribution is -0.116. The van der Waals surface area contributed by atoms with Crippen molar-refractivity contribution in [3.63, 3.8) is 0 Å². The minimum Gasteiger partial charge on any atom is -0.350 e. The zero-order valence-corrected chi connectivity index (χ0v) is 12.2. The molecule has 0 unspecified atom stereocenters. The van der Waals surface area contributed by atoms with Crippen LogP contribution >= 0.6 is 11.6 Å². The van der Waals surface area contributed by atoms with Gasteiger partial charge in [-0.2, -0.15) is 5.10 Å². The molecule has 1 aliphatic carbocycles. The van der Waals surface area contributed by atoms with Gasteiger partial charge in [0.2, 0.25) is 5.91 Å². The van der Waals surface area contributed by atoms with Crippen molar-refractivity contribution in [1.29, 1.82) is 0 Å². The van der Waals surface area contributed by atoms with Crippen LogP contribution in [0.1, 0.15) is 43.9 Å². The Kier molecular flexibility index (Phi) is 4.64. The molecular formula is C14H20ClN3O. The number of amides is 1. The molecule has 1 heterocycles. The van der Waals surface area contributed by atoms with Crippen LogP contribution < -0.4 is 5.32 Å². The number of halogens is 1. The minimum atomic E-state index is -0.0562. The molecule has 0 aromatic carbocycles. The maximum Gasteiger partial charge on any atom is 0.244 e. The van der Waals surface area contributed by atoms with Crippen LogP contribution in [-0.2, 0) is 11.3 Å². The fraction of sp³-hybridized carbons (Fsp3) is 0.571. The van der Waals surface area contributed by atoms with E-state index in [-0.39, 0.29) is 5.91 Å². The molecule has 4 nitrogen and oxygen atoms in total. The number of unbranched alkanes of at least 4 members (excludes halogenated alkanes) is 1. The summed E-state index contributed by atoms with van der Waals surface area (Å²) in [4.78, 5) is 11.6. The van der Waals surface area contributed by atoms with Gasteiger partial charge in [0.25, 0.3) is 0 Å². The highest BCUT2D eigenvalue weighted by Gasteiger charge is 2.22. The largest absolute Gasteiger partial charge is 0.350 e. The first-order chi connectivity index (χ1) is 9.11. The van der Waals surface area contributed by atoms with Gasteiger partial charge in [-0.3, -0.25) is 9.48 Å². The predicted molar refractivity (Wildman–Crippen MR) is 77.1 cm³/mol. The molecule has 0 atom stereocenters. The number of aryl methyl sites for hydroxylation is 2. The fourth-order valence-corrected chi connectivity index (χ4v) is 2.17. The van der Waals surface area contributed by atoms with E-state index >= 15 is 0 Å². The van der Waals surface area contributed by atoms with Crippen LogP contribution in [0.25, 0.3) is 6.08 Å². The molecule has 1 amide bonds. The van der Waals surface area contributed by atoms with Gasteiger partial charge in [0.05, 0.1) is 5.69 Å². The van der Waals surface area contributed by atoms with Gasteiger partial charge in [0, 0.05) is 24.2 Å².